The summed E-state index contributed by atoms with van der Waals surface area (Å²) in [5.41, 5.74) is 0. The zero-order valence-electron chi connectivity index (χ0n) is 11.8. The van der Waals surface area contributed by atoms with Crippen molar-refractivity contribution in [3.05, 3.63) is 22.4 Å². The smallest absolute Gasteiger partial charge is 0.326 e. The molecule has 0 aromatic carbocycles. The first kappa shape index (κ1) is 14.4. The van der Waals surface area contributed by atoms with Gasteiger partial charge >= 0.3 is 12.0 Å². The average Bonchev–Trinajstić information content (AvgIpc) is 3.11. The molecule has 2 heterocycles. The Morgan fingerprint density at radius 2 is 2.19 bits per heavy atom. The molecule has 21 heavy (non-hydrogen) atoms. The minimum Gasteiger partial charge on any atom is -0.480 e. The van der Waals surface area contributed by atoms with Gasteiger partial charge in [-0.1, -0.05) is 18.9 Å². The molecule has 3 rings (SSSR count). The maximum atomic E-state index is 12.5. The lowest BCUT2D eigenvalue weighted by atomic mass is 9.85. The molecule has 6 heteroatoms. The van der Waals surface area contributed by atoms with Crippen LogP contribution in [0.2, 0.25) is 0 Å². The minimum absolute atomic E-state index is 0.100. The number of carboxylic acid groups (broad SMARTS) is 1. The Bertz CT molecular complexity index is 517. The van der Waals surface area contributed by atoms with Gasteiger partial charge in [0.25, 0.3) is 0 Å². The van der Waals surface area contributed by atoms with Crippen LogP contribution in [0.15, 0.2) is 17.5 Å². The predicted octanol–water partition coefficient (Wildman–Crippen LogP) is 2.68. The van der Waals surface area contributed by atoms with Crippen LogP contribution in [-0.2, 0) is 11.3 Å². The Hall–Kier alpha value is -1.56. The summed E-state index contributed by atoms with van der Waals surface area (Å²) >= 11 is 1.59. The highest BCUT2D eigenvalue weighted by molar-refractivity contribution is 7.09. The summed E-state index contributed by atoms with van der Waals surface area (Å²) in [6.45, 7) is 0.469. The van der Waals surface area contributed by atoms with Crippen molar-refractivity contribution in [2.45, 2.75) is 50.7 Å². The summed E-state index contributed by atoms with van der Waals surface area (Å²) in [5, 5.41) is 14.3. The molecule has 2 fully saturated rings. The van der Waals surface area contributed by atoms with Crippen LogP contribution in [0.4, 0.5) is 4.79 Å². The van der Waals surface area contributed by atoms with Gasteiger partial charge in [0.1, 0.15) is 6.04 Å². The van der Waals surface area contributed by atoms with Crippen LogP contribution in [0.25, 0.3) is 0 Å². The van der Waals surface area contributed by atoms with Crippen LogP contribution in [0.5, 0.6) is 0 Å². The first-order valence-corrected chi connectivity index (χ1v) is 8.36. The molecule has 0 spiro atoms. The topological polar surface area (TPSA) is 69.6 Å². The fraction of sp³-hybridized carbons (Fsp3) is 0.600. The number of carboxylic acids is 1. The van der Waals surface area contributed by atoms with Gasteiger partial charge in [0.15, 0.2) is 0 Å². The number of fused-ring (bicyclic) bond motifs is 1. The van der Waals surface area contributed by atoms with E-state index in [0.717, 1.165) is 30.6 Å². The molecule has 2 amide bonds. The molecule has 1 aromatic rings. The second kappa shape index (κ2) is 6.05. The first-order valence-electron chi connectivity index (χ1n) is 7.48. The maximum Gasteiger partial charge on any atom is 0.326 e. The number of amides is 2. The fourth-order valence-electron chi connectivity index (χ4n) is 3.64. The van der Waals surface area contributed by atoms with E-state index >= 15 is 0 Å². The number of hydrogen-bond acceptors (Lipinski definition) is 3. The summed E-state index contributed by atoms with van der Waals surface area (Å²) < 4.78 is 0. The molecule has 0 radical (unpaired) electrons. The molecule has 1 saturated heterocycles. The van der Waals surface area contributed by atoms with E-state index in [0.29, 0.717) is 18.9 Å². The number of likely N-dealkylation sites (tertiary alicyclic amines) is 1. The standard InChI is InChI=1S/C15H20N2O3S/c18-14(19)13-8-10-4-1-2-6-12(10)17(13)15(20)16-9-11-5-3-7-21-11/h3,5,7,10,12-13H,1-2,4,6,8-9H2,(H,16,20)(H,18,19). The second-order valence-corrected chi connectivity index (χ2v) is 6.88. The van der Waals surface area contributed by atoms with Crippen LogP contribution >= 0.6 is 11.3 Å². The summed E-state index contributed by atoms with van der Waals surface area (Å²) in [6.07, 6.45) is 4.82. The molecule has 0 bridgehead atoms. The van der Waals surface area contributed by atoms with E-state index in [1.165, 1.54) is 0 Å². The molecule has 3 unspecified atom stereocenters. The zero-order chi connectivity index (χ0) is 14.8. The van der Waals surface area contributed by atoms with Crippen molar-refractivity contribution in [1.29, 1.82) is 0 Å². The molecular weight excluding hydrogens is 288 g/mol. The van der Waals surface area contributed by atoms with Crippen LogP contribution in [0.1, 0.15) is 37.0 Å². The summed E-state index contributed by atoms with van der Waals surface area (Å²) in [6, 6.07) is 3.11. The molecule has 2 aliphatic rings. The maximum absolute atomic E-state index is 12.5. The van der Waals surface area contributed by atoms with Crippen LogP contribution in [0.3, 0.4) is 0 Å². The zero-order valence-corrected chi connectivity index (χ0v) is 12.6. The Kier molecular flexibility index (Phi) is 4.14. The highest BCUT2D eigenvalue weighted by Crippen LogP contribution is 2.39. The number of carbonyl (C=O) groups excluding carboxylic acids is 1. The first-order chi connectivity index (χ1) is 10.2. The number of carbonyl (C=O) groups is 2. The number of hydrogen-bond donors (Lipinski definition) is 2. The number of nitrogens with zero attached hydrogens (tertiary/aromatic N) is 1. The van der Waals surface area contributed by atoms with Gasteiger partial charge in [-0.2, -0.15) is 0 Å². The lowest BCUT2D eigenvalue weighted by Gasteiger charge is -2.32. The number of urea groups is 1. The third-order valence-corrected chi connectivity index (χ3v) is 5.48. The van der Waals surface area contributed by atoms with Crippen molar-refractivity contribution in [3.8, 4) is 0 Å². The van der Waals surface area contributed by atoms with E-state index < -0.39 is 12.0 Å². The number of thiophene rings is 1. The molecular formula is C15H20N2O3S. The lowest BCUT2D eigenvalue weighted by molar-refractivity contribution is -0.141. The summed E-state index contributed by atoms with van der Waals surface area (Å²) in [5.74, 6) is -0.525. The van der Waals surface area contributed by atoms with Gasteiger partial charge in [-0.15, -0.1) is 11.3 Å². The quantitative estimate of drug-likeness (QED) is 0.902. The molecule has 1 aliphatic heterocycles. The molecule has 2 N–H and O–H groups in total. The van der Waals surface area contributed by atoms with E-state index in [2.05, 4.69) is 5.32 Å². The molecule has 1 saturated carbocycles. The van der Waals surface area contributed by atoms with Crippen molar-refractivity contribution >= 4 is 23.3 Å². The highest BCUT2D eigenvalue weighted by Gasteiger charge is 2.47. The lowest BCUT2D eigenvalue weighted by Crippen LogP contribution is -2.50. The Morgan fingerprint density at radius 3 is 2.90 bits per heavy atom. The van der Waals surface area contributed by atoms with Gasteiger partial charge in [0, 0.05) is 10.9 Å². The van der Waals surface area contributed by atoms with Gasteiger partial charge in [-0.3, -0.25) is 0 Å². The van der Waals surface area contributed by atoms with E-state index in [1.807, 2.05) is 17.5 Å². The molecule has 3 atom stereocenters. The van der Waals surface area contributed by atoms with Crippen molar-refractivity contribution in [3.63, 3.8) is 0 Å². The monoisotopic (exact) mass is 308 g/mol. The predicted molar refractivity (Wildman–Crippen MR) is 80.2 cm³/mol. The molecule has 114 valence electrons. The summed E-state index contributed by atoms with van der Waals surface area (Å²) in [4.78, 5) is 26.6. The normalized spacial score (nSPS) is 28.2. The van der Waals surface area contributed by atoms with Crippen LogP contribution < -0.4 is 5.32 Å². The Morgan fingerprint density at radius 1 is 1.38 bits per heavy atom. The molecule has 5 nitrogen and oxygen atoms in total. The van der Waals surface area contributed by atoms with Gasteiger partial charge in [0.2, 0.25) is 0 Å². The van der Waals surface area contributed by atoms with Crippen molar-refractivity contribution in [2.75, 3.05) is 0 Å². The van der Waals surface area contributed by atoms with E-state index in [9.17, 15) is 14.7 Å². The second-order valence-electron chi connectivity index (χ2n) is 5.85. The van der Waals surface area contributed by atoms with E-state index in [4.69, 9.17) is 0 Å². The van der Waals surface area contributed by atoms with E-state index in [1.54, 1.807) is 16.2 Å². The van der Waals surface area contributed by atoms with Gasteiger partial charge < -0.3 is 15.3 Å². The minimum atomic E-state index is -0.879. The number of aliphatic carboxylic acids is 1. The Balaban J connectivity index is 1.70. The van der Waals surface area contributed by atoms with Crippen molar-refractivity contribution in [2.24, 2.45) is 5.92 Å². The molecule has 1 aliphatic carbocycles. The third kappa shape index (κ3) is 2.90. The van der Waals surface area contributed by atoms with Crippen molar-refractivity contribution in [1.82, 2.24) is 10.2 Å². The van der Waals surface area contributed by atoms with Crippen LogP contribution in [0, 0.1) is 5.92 Å². The Labute approximate surface area is 128 Å². The van der Waals surface area contributed by atoms with E-state index in [-0.39, 0.29) is 12.1 Å². The van der Waals surface area contributed by atoms with Crippen molar-refractivity contribution < 1.29 is 14.7 Å². The van der Waals surface area contributed by atoms with Gasteiger partial charge in [0.05, 0.1) is 6.54 Å². The fourth-order valence-corrected chi connectivity index (χ4v) is 4.28. The highest BCUT2D eigenvalue weighted by atomic mass is 32.1. The number of rotatable bonds is 3. The molecule has 1 aromatic heterocycles. The number of nitrogens with one attached hydrogen (secondary N) is 1. The van der Waals surface area contributed by atoms with Crippen LogP contribution in [-0.4, -0.2) is 34.1 Å². The van der Waals surface area contributed by atoms with Gasteiger partial charge in [-0.05, 0) is 36.6 Å². The summed E-state index contributed by atoms with van der Waals surface area (Å²) in [7, 11) is 0. The average molecular weight is 308 g/mol. The largest absolute Gasteiger partial charge is 0.480 e. The SMILES string of the molecule is O=C(O)C1CC2CCCCC2N1C(=O)NCc1cccs1. The van der Waals surface area contributed by atoms with Gasteiger partial charge in [-0.25, -0.2) is 9.59 Å². The third-order valence-electron chi connectivity index (χ3n) is 4.60.